The third-order valence-electron chi connectivity index (χ3n) is 6.32. The molecule has 1 saturated carbocycles. The standard InChI is InChI=1S/C27H37F2O5/c1-2-3-17-27(28,29)25(32)16-15-22-21(23(30)18-24(22)31)13-9-4-5-10-14-26(33)34-19-20-11-7-6-8-12-20/h6-8,11-12,15-16,21-22,24,31-32H,2-5,9-10,13-14,17-19H2,1H3/b16-15+/t21?,22-,24-/m1/s1. The van der Waals surface area contributed by atoms with E-state index in [4.69, 9.17) is 4.74 Å². The van der Waals surface area contributed by atoms with Gasteiger partial charge in [-0.25, -0.2) is 8.78 Å². The molecule has 5 nitrogen and oxygen atoms in total. The lowest BCUT2D eigenvalue weighted by Crippen LogP contribution is -2.25. The predicted molar refractivity (Wildman–Crippen MR) is 125 cm³/mol. The molecule has 0 amide bonds. The Morgan fingerprint density at radius 1 is 1.15 bits per heavy atom. The van der Waals surface area contributed by atoms with E-state index in [1.165, 1.54) is 6.08 Å². The summed E-state index contributed by atoms with van der Waals surface area (Å²) in [5.74, 6) is -4.65. The number of benzene rings is 1. The molecule has 0 aliphatic heterocycles. The number of rotatable bonds is 15. The first-order valence-corrected chi connectivity index (χ1v) is 12.3. The highest BCUT2D eigenvalue weighted by molar-refractivity contribution is 5.84. The molecule has 189 valence electrons. The van der Waals surface area contributed by atoms with Gasteiger partial charge in [0.05, 0.1) is 6.10 Å². The Bertz CT molecular complexity index is 780. The summed E-state index contributed by atoms with van der Waals surface area (Å²) in [6.07, 6.45) is 4.73. The normalized spacial score (nSPS) is 21.0. The van der Waals surface area contributed by atoms with Crippen LogP contribution in [0.1, 0.15) is 76.7 Å². The second kappa shape index (κ2) is 14.3. The van der Waals surface area contributed by atoms with Gasteiger partial charge in [-0.3, -0.25) is 9.59 Å². The first-order chi connectivity index (χ1) is 16.2. The van der Waals surface area contributed by atoms with Crippen molar-refractivity contribution < 1.29 is 33.3 Å². The number of aliphatic hydroxyl groups is 2. The van der Waals surface area contributed by atoms with Crippen molar-refractivity contribution in [2.75, 3.05) is 0 Å². The number of esters is 1. The number of alkyl halides is 2. The van der Waals surface area contributed by atoms with Crippen LogP contribution in [0, 0.1) is 17.9 Å². The molecular formula is C27H37F2O5. The highest BCUT2D eigenvalue weighted by atomic mass is 19.3. The van der Waals surface area contributed by atoms with Gasteiger partial charge < -0.3 is 14.9 Å². The number of Topliss-reactive ketones (excluding diaryl/α,β-unsaturated/α-hetero) is 1. The smallest absolute Gasteiger partial charge is 0.306 e. The van der Waals surface area contributed by atoms with Crippen molar-refractivity contribution in [3.63, 3.8) is 0 Å². The first-order valence-electron chi connectivity index (χ1n) is 12.3. The summed E-state index contributed by atoms with van der Waals surface area (Å²) in [5.41, 5.74) is 0.943. The molecule has 2 N–H and O–H groups in total. The van der Waals surface area contributed by atoms with Crippen molar-refractivity contribution in [3.05, 3.63) is 54.2 Å². The molecule has 0 aromatic heterocycles. The summed E-state index contributed by atoms with van der Waals surface area (Å²) >= 11 is 0. The Morgan fingerprint density at radius 2 is 1.85 bits per heavy atom. The van der Waals surface area contributed by atoms with Gasteiger partial charge in [-0.05, 0) is 30.9 Å². The minimum Gasteiger partial charge on any atom is -0.461 e. The van der Waals surface area contributed by atoms with E-state index in [0.717, 1.165) is 30.9 Å². The molecule has 0 bridgehead atoms. The van der Waals surface area contributed by atoms with Crippen LogP contribution in [0.2, 0.25) is 0 Å². The van der Waals surface area contributed by atoms with Crippen molar-refractivity contribution in [2.45, 2.75) is 89.8 Å². The summed E-state index contributed by atoms with van der Waals surface area (Å²) < 4.78 is 33.2. The van der Waals surface area contributed by atoms with Gasteiger partial charge in [-0.1, -0.05) is 69.0 Å². The zero-order valence-electron chi connectivity index (χ0n) is 19.9. The lowest BCUT2D eigenvalue weighted by Gasteiger charge is -2.21. The Hall–Kier alpha value is -2.12. The molecule has 1 aliphatic rings. The van der Waals surface area contributed by atoms with Crippen LogP contribution in [-0.2, 0) is 20.9 Å². The second-order valence-electron chi connectivity index (χ2n) is 9.07. The summed E-state index contributed by atoms with van der Waals surface area (Å²) in [4.78, 5) is 24.2. The van der Waals surface area contributed by atoms with E-state index >= 15 is 0 Å². The second-order valence-corrected chi connectivity index (χ2v) is 9.07. The van der Waals surface area contributed by atoms with Gasteiger partial charge in [0.1, 0.15) is 12.4 Å². The van der Waals surface area contributed by atoms with Crippen LogP contribution >= 0.6 is 0 Å². The number of carbonyl (C=O) groups excluding carboxylic acids is 2. The van der Waals surface area contributed by atoms with Crippen molar-refractivity contribution in [3.8, 4) is 0 Å². The molecule has 1 fully saturated rings. The zero-order valence-corrected chi connectivity index (χ0v) is 19.9. The molecule has 34 heavy (non-hydrogen) atoms. The van der Waals surface area contributed by atoms with Crippen LogP contribution in [0.3, 0.4) is 0 Å². The van der Waals surface area contributed by atoms with E-state index in [9.17, 15) is 28.6 Å². The largest absolute Gasteiger partial charge is 0.461 e. The summed E-state index contributed by atoms with van der Waals surface area (Å²) in [6, 6.07) is 9.48. The third-order valence-corrected chi connectivity index (χ3v) is 6.32. The maximum Gasteiger partial charge on any atom is 0.306 e. The highest BCUT2D eigenvalue weighted by Gasteiger charge is 2.41. The van der Waals surface area contributed by atoms with E-state index in [0.29, 0.717) is 32.1 Å². The van der Waals surface area contributed by atoms with Gasteiger partial charge in [0.2, 0.25) is 0 Å². The summed E-state index contributed by atoms with van der Waals surface area (Å²) in [7, 11) is 0. The average Bonchev–Trinajstić information content (AvgIpc) is 3.09. The zero-order chi connectivity index (χ0) is 25.0. The Labute approximate surface area is 201 Å². The van der Waals surface area contributed by atoms with Crippen molar-refractivity contribution in [2.24, 2.45) is 11.8 Å². The monoisotopic (exact) mass is 479 g/mol. The molecule has 0 heterocycles. The Balaban J connectivity index is 1.70. The predicted octanol–water partition coefficient (Wildman–Crippen LogP) is 5.92. The topological polar surface area (TPSA) is 83.8 Å². The fraction of sp³-hybridized carbons (Fsp3) is 0.593. The van der Waals surface area contributed by atoms with E-state index in [1.54, 1.807) is 6.92 Å². The molecule has 1 radical (unpaired) electrons. The molecule has 3 atom stereocenters. The molecule has 0 saturated heterocycles. The fourth-order valence-corrected chi connectivity index (χ4v) is 4.24. The molecule has 1 aromatic rings. The molecule has 1 aliphatic carbocycles. The number of ketones is 1. The Kier molecular flexibility index (Phi) is 11.8. The highest BCUT2D eigenvalue weighted by Crippen LogP contribution is 2.36. The van der Waals surface area contributed by atoms with E-state index in [2.05, 4.69) is 0 Å². The van der Waals surface area contributed by atoms with Gasteiger partial charge in [0.15, 0.2) is 6.10 Å². The minimum absolute atomic E-state index is 0.0000816. The van der Waals surface area contributed by atoms with Gasteiger partial charge in [0.25, 0.3) is 5.92 Å². The van der Waals surface area contributed by atoms with Crippen LogP contribution in [0.15, 0.2) is 42.5 Å². The summed E-state index contributed by atoms with van der Waals surface area (Å²) in [6.45, 7) is 2.06. The van der Waals surface area contributed by atoms with Crippen molar-refractivity contribution >= 4 is 11.8 Å². The van der Waals surface area contributed by atoms with Gasteiger partial charge in [0, 0.05) is 31.1 Å². The number of unbranched alkanes of at least 4 members (excludes halogenated alkanes) is 4. The number of carbonyl (C=O) groups is 2. The SMILES string of the molecule is CCCCC(F)(F)[C](O)/C=C/[C@@H]1C(CCCCCCC(=O)OCc2ccccc2)C(=O)C[C@H]1O. The number of hydrogen-bond acceptors (Lipinski definition) is 5. The number of aliphatic hydroxyl groups excluding tert-OH is 2. The minimum atomic E-state index is -3.31. The average molecular weight is 480 g/mol. The van der Waals surface area contributed by atoms with E-state index in [-0.39, 0.29) is 24.8 Å². The van der Waals surface area contributed by atoms with Gasteiger partial charge in [-0.2, -0.15) is 0 Å². The van der Waals surface area contributed by atoms with Crippen LogP contribution in [0.5, 0.6) is 0 Å². The quantitative estimate of drug-likeness (QED) is 0.241. The number of hydrogen-bond donors (Lipinski definition) is 2. The van der Waals surface area contributed by atoms with E-state index in [1.807, 2.05) is 30.3 Å². The van der Waals surface area contributed by atoms with Crippen molar-refractivity contribution in [1.82, 2.24) is 0 Å². The van der Waals surface area contributed by atoms with E-state index < -0.39 is 36.4 Å². The Morgan fingerprint density at radius 3 is 2.56 bits per heavy atom. The number of halogens is 2. The first kappa shape index (κ1) is 28.1. The summed E-state index contributed by atoms with van der Waals surface area (Å²) in [5, 5.41) is 20.0. The molecule has 2 rings (SSSR count). The molecule has 0 spiro atoms. The van der Waals surface area contributed by atoms with Crippen LogP contribution in [0.4, 0.5) is 8.78 Å². The van der Waals surface area contributed by atoms with Crippen LogP contribution < -0.4 is 0 Å². The van der Waals surface area contributed by atoms with Gasteiger partial charge in [-0.15, -0.1) is 0 Å². The number of ether oxygens (including phenoxy) is 1. The van der Waals surface area contributed by atoms with Crippen molar-refractivity contribution in [1.29, 1.82) is 0 Å². The van der Waals surface area contributed by atoms with Crippen LogP contribution in [-0.4, -0.2) is 34.0 Å². The molecular weight excluding hydrogens is 442 g/mol. The molecule has 7 heteroatoms. The lowest BCUT2D eigenvalue weighted by molar-refractivity contribution is -0.145. The fourth-order valence-electron chi connectivity index (χ4n) is 4.24. The van der Waals surface area contributed by atoms with Crippen LogP contribution in [0.25, 0.3) is 0 Å². The van der Waals surface area contributed by atoms with Gasteiger partial charge >= 0.3 is 5.97 Å². The molecule has 1 unspecified atom stereocenters. The maximum atomic E-state index is 14.0. The third kappa shape index (κ3) is 9.26. The molecule has 1 aromatic carbocycles. The maximum absolute atomic E-state index is 14.0. The lowest BCUT2D eigenvalue weighted by atomic mass is 9.88.